The third kappa shape index (κ3) is 4.41. The molecule has 0 atom stereocenters. The van der Waals surface area contributed by atoms with Crippen LogP contribution in [0.3, 0.4) is 0 Å². The quantitative estimate of drug-likeness (QED) is 0.556. The summed E-state index contributed by atoms with van der Waals surface area (Å²) >= 11 is 0. The van der Waals surface area contributed by atoms with Gasteiger partial charge in [-0.2, -0.15) is 4.31 Å². The fourth-order valence-electron chi connectivity index (χ4n) is 4.45. The average Bonchev–Trinajstić information content (AvgIpc) is 3.52. The van der Waals surface area contributed by atoms with Gasteiger partial charge in [0, 0.05) is 31.7 Å². The molecule has 1 aliphatic heterocycles. The largest absolute Gasteiger partial charge is 0.489 e. The van der Waals surface area contributed by atoms with E-state index in [1.165, 1.54) is 16.1 Å². The van der Waals surface area contributed by atoms with Crippen molar-refractivity contribution in [1.29, 1.82) is 0 Å². The Kier molecular flexibility index (Phi) is 5.95. The lowest BCUT2D eigenvalue weighted by atomic mass is 10.1. The third-order valence-corrected chi connectivity index (χ3v) is 8.21. The monoisotopic (exact) mass is 466 g/mol. The third-order valence-electron chi connectivity index (χ3n) is 6.31. The molecule has 1 aromatic heterocycles. The van der Waals surface area contributed by atoms with Crippen molar-refractivity contribution in [1.82, 2.24) is 9.21 Å². The first-order chi connectivity index (χ1) is 16.0. The van der Waals surface area contributed by atoms with E-state index in [1.54, 1.807) is 17.0 Å². The van der Waals surface area contributed by atoms with Gasteiger partial charge in [-0.05, 0) is 60.7 Å². The molecule has 0 saturated carbocycles. The van der Waals surface area contributed by atoms with Crippen LogP contribution in [0.15, 0.2) is 70.2 Å². The molecule has 1 fully saturated rings. The van der Waals surface area contributed by atoms with E-state index in [-0.39, 0.29) is 31.4 Å². The van der Waals surface area contributed by atoms with Crippen molar-refractivity contribution in [2.24, 2.45) is 0 Å². The van der Waals surface area contributed by atoms with Crippen LogP contribution < -0.4 is 4.74 Å². The number of sulfonamides is 1. The van der Waals surface area contributed by atoms with E-state index >= 15 is 0 Å². The number of hydrogen-bond donors (Lipinski definition) is 0. The van der Waals surface area contributed by atoms with Gasteiger partial charge >= 0.3 is 0 Å². The summed E-state index contributed by atoms with van der Waals surface area (Å²) < 4.78 is 39.0. The highest BCUT2D eigenvalue weighted by atomic mass is 32.2. The molecular formula is C25H26N2O5S. The molecule has 0 unspecified atom stereocenters. The number of hydrogen-bond acceptors (Lipinski definition) is 5. The van der Waals surface area contributed by atoms with Crippen LogP contribution >= 0.6 is 0 Å². The van der Waals surface area contributed by atoms with Crippen molar-refractivity contribution in [3.63, 3.8) is 0 Å². The first-order valence-corrected chi connectivity index (χ1v) is 12.6. The molecule has 0 spiro atoms. The zero-order valence-electron chi connectivity index (χ0n) is 18.3. The number of fused-ring (bicyclic) bond motifs is 1. The smallest absolute Gasteiger partial charge is 0.290 e. The van der Waals surface area contributed by atoms with E-state index in [1.807, 2.05) is 42.5 Å². The highest BCUT2D eigenvalue weighted by molar-refractivity contribution is 7.89. The first kappa shape index (κ1) is 21.7. The minimum absolute atomic E-state index is 0.217. The molecule has 3 aromatic rings. The molecule has 0 radical (unpaired) electrons. The van der Waals surface area contributed by atoms with E-state index in [2.05, 4.69) is 0 Å². The number of rotatable bonds is 6. The summed E-state index contributed by atoms with van der Waals surface area (Å²) in [6, 6.07) is 16.6. The van der Waals surface area contributed by atoms with Gasteiger partial charge in [-0.15, -0.1) is 0 Å². The zero-order chi connectivity index (χ0) is 22.8. The highest BCUT2D eigenvalue weighted by Gasteiger charge is 2.32. The molecule has 33 heavy (non-hydrogen) atoms. The fourth-order valence-corrected chi connectivity index (χ4v) is 5.92. The lowest BCUT2D eigenvalue weighted by molar-refractivity contribution is 0.0662. The molecule has 1 amide bonds. The van der Waals surface area contributed by atoms with Gasteiger partial charge < -0.3 is 14.1 Å². The Morgan fingerprint density at radius 1 is 0.939 bits per heavy atom. The van der Waals surface area contributed by atoms with Gasteiger partial charge in [0.1, 0.15) is 12.4 Å². The summed E-state index contributed by atoms with van der Waals surface area (Å²) in [5, 5.41) is 0. The maximum Gasteiger partial charge on any atom is 0.290 e. The number of carbonyl (C=O) groups excluding carboxylic acids is 1. The van der Waals surface area contributed by atoms with Crippen molar-refractivity contribution in [2.45, 2.75) is 30.8 Å². The molecule has 0 N–H and O–H groups in total. The summed E-state index contributed by atoms with van der Waals surface area (Å²) in [7, 11) is -3.58. The second-order valence-corrected chi connectivity index (χ2v) is 10.3. The summed E-state index contributed by atoms with van der Waals surface area (Å²) in [6.45, 7) is 1.34. The second kappa shape index (κ2) is 9.03. The van der Waals surface area contributed by atoms with Crippen LogP contribution in [0, 0.1) is 0 Å². The van der Waals surface area contributed by atoms with Crippen LogP contribution in [0.4, 0.5) is 0 Å². The Balaban J connectivity index is 1.22. The maximum absolute atomic E-state index is 13.2. The lowest BCUT2D eigenvalue weighted by Crippen LogP contribution is -2.50. The molecule has 2 heterocycles. The number of aryl methyl sites for hydroxylation is 2. The molecule has 1 saturated heterocycles. The Labute approximate surface area is 193 Å². The van der Waals surface area contributed by atoms with E-state index in [9.17, 15) is 13.2 Å². The molecule has 0 bridgehead atoms. The van der Waals surface area contributed by atoms with Gasteiger partial charge in [0.25, 0.3) is 5.91 Å². The summed E-state index contributed by atoms with van der Waals surface area (Å²) in [6.07, 6.45) is 4.50. The topological polar surface area (TPSA) is 80.1 Å². The van der Waals surface area contributed by atoms with E-state index < -0.39 is 10.0 Å². The van der Waals surface area contributed by atoms with Crippen molar-refractivity contribution in [2.75, 3.05) is 26.2 Å². The number of furan rings is 1. The van der Waals surface area contributed by atoms with Crippen molar-refractivity contribution in [3.8, 4) is 5.75 Å². The fraction of sp³-hybridized carbons (Fsp3) is 0.320. The maximum atomic E-state index is 13.2. The highest BCUT2D eigenvalue weighted by Crippen LogP contribution is 2.27. The van der Waals surface area contributed by atoms with Crippen LogP contribution in [0.2, 0.25) is 0 Å². The molecule has 1 aliphatic carbocycles. The van der Waals surface area contributed by atoms with Gasteiger partial charge in [0.05, 0.1) is 11.2 Å². The van der Waals surface area contributed by atoms with Crippen LogP contribution in [-0.2, 0) is 29.5 Å². The van der Waals surface area contributed by atoms with Gasteiger partial charge in [-0.25, -0.2) is 8.42 Å². The van der Waals surface area contributed by atoms with Gasteiger partial charge in [-0.3, -0.25) is 4.79 Å². The molecule has 7 nitrogen and oxygen atoms in total. The van der Waals surface area contributed by atoms with Gasteiger partial charge in [0.15, 0.2) is 5.76 Å². The molecule has 8 heteroatoms. The summed E-state index contributed by atoms with van der Waals surface area (Å²) in [5.41, 5.74) is 3.04. The Morgan fingerprint density at radius 2 is 1.70 bits per heavy atom. The van der Waals surface area contributed by atoms with Crippen LogP contribution in [-0.4, -0.2) is 49.7 Å². The Hall–Kier alpha value is -3.10. The number of piperazine rings is 1. The van der Waals surface area contributed by atoms with E-state index in [0.717, 1.165) is 24.8 Å². The number of para-hydroxylation sites is 1. The summed E-state index contributed by atoms with van der Waals surface area (Å²) in [4.78, 5) is 15.0. The average molecular weight is 467 g/mol. The second-order valence-electron chi connectivity index (χ2n) is 8.36. The lowest BCUT2D eigenvalue weighted by Gasteiger charge is -2.33. The Morgan fingerprint density at radius 3 is 2.48 bits per heavy atom. The Bertz CT molecular complexity index is 1240. The van der Waals surface area contributed by atoms with Crippen LogP contribution in [0.25, 0.3) is 0 Å². The number of nitrogens with zero attached hydrogens (tertiary/aromatic N) is 2. The molecular weight excluding hydrogens is 440 g/mol. The van der Waals surface area contributed by atoms with Gasteiger partial charge in [-0.1, -0.05) is 24.3 Å². The standard InChI is InChI=1S/C25H26N2O5S/c28-25(24-21(11-16-31-24)18-32-22-7-2-1-3-8-22)26-12-14-27(15-13-26)33(29,30)23-10-9-19-5-4-6-20(19)17-23/h1-3,7-11,16-17H,4-6,12-15,18H2. The van der Waals surface area contributed by atoms with Crippen LogP contribution in [0.5, 0.6) is 5.75 Å². The molecule has 5 rings (SSSR count). The van der Waals surface area contributed by atoms with Crippen molar-refractivity contribution < 1.29 is 22.4 Å². The molecule has 172 valence electrons. The van der Waals surface area contributed by atoms with Crippen molar-refractivity contribution >= 4 is 15.9 Å². The SMILES string of the molecule is O=C(c1occc1COc1ccccc1)N1CCN(S(=O)(=O)c2ccc3c(c2)CCC3)CC1. The minimum Gasteiger partial charge on any atom is -0.489 e. The predicted molar refractivity (Wildman–Crippen MR) is 123 cm³/mol. The number of amides is 1. The number of carbonyl (C=O) groups is 1. The first-order valence-electron chi connectivity index (χ1n) is 11.2. The van der Waals surface area contributed by atoms with E-state index in [0.29, 0.717) is 29.3 Å². The van der Waals surface area contributed by atoms with Gasteiger partial charge in [0.2, 0.25) is 10.0 Å². The molecule has 2 aliphatic rings. The van der Waals surface area contributed by atoms with Crippen LogP contribution in [0.1, 0.15) is 33.7 Å². The number of ether oxygens (including phenoxy) is 1. The minimum atomic E-state index is -3.58. The normalized spacial score (nSPS) is 16.5. The summed E-state index contributed by atoms with van der Waals surface area (Å²) in [5.74, 6) is 0.699. The molecule has 2 aromatic carbocycles. The zero-order valence-corrected chi connectivity index (χ0v) is 19.1. The predicted octanol–water partition coefficient (Wildman–Crippen LogP) is 3.49. The van der Waals surface area contributed by atoms with E-state index in [4.69, 9.17) is 9.15 Å². The number of benzene rings is 2. The van der Waals surface area contributed by atoms with Crippen molar-refractivity contribution in [3.05, 3.63) is 83.3 Å².